The summed E-state index contributed by atoms with van der Waals surface area (Å²) in [5, 5.41) is 9.59. The fourth-order valence-electron chi connectivity index (χ4n) is 2.38. The Bertz CT molecular complexity index is 812. The van der Waals surface area contributed by atoms with E-state index in [1.807, 2.05) is 31.2 Å². The van der Waals surface area contributed by atoms with E-state index in [-0.39, 0.29) is 17.8 Å². The molecular formula is C20H21NO4. The number of likely N-dealkylation sites (tertiary alicyclic amines) is 1. The van der Waals surface area contributed by atoms with Gasteiger partial charge in [-0.3, -0.25) is 4.79 Å². The van der Waals surface area contributed by atoms with Crippen LogP contribution >= 0.6 is 0 Å². The first kappa shape index (κ1) is 17.1. The number of carbonyl (C=O) groups is 1. The second-order valence-electron chi connectivity index (χ2n) is 6.74. The molecule has 0 saturated carbocycles. The lowest BCUT2D eigenvalue weighted by molar-refractivity contribution is 0.0155. The third-order valence-electron chi connectivity index (χ3n) is 3.77. The molecule has 1 aromatic carbocycles. The SMILES string of the molecule is Cc1ccc(OC2CN(C(=O)c3ccc(C#CC(C)(C)O)o3)C2)cc1. The van der Waals surface area contributed by atoms with Crippen LogP contribution in [0.5, 0.6) is 5.75 Å². The maximum atomic E-state index is 12.4. The maximum absolute atomic E-state index is 12.4. The molecule has 5 nitrogen and oxygen atoms in total. The average molecular weight is 339 g/mol. The van der Waals surface area contributed by atoms with Crippen LogP contribution < -0.4 is 4.74 Å². The molecule has 0 bridgehead atoms. The van der Waals surface area contributed by atoms with E-state index < -0.39 is 5.60 Å². The van der Waals surface area contributed by atoms with E-state index in [0.717, 1.165) is 5.75 Å². The summed E-state index contributed by atoms with van der Waals surface area (Å²) in [5.74, 6) is 6.61. The van der Waals surface area contributed by atoms with Gasteiger partial charge in [0, 0.05) is 0 Å². The number of carbonyl (C=O) groups excluding carboxylic acids is 1. The fourth-order valence-corrected chi connectivity index (χ4v) is 2.38. The Labute approximate surface area is 147 Å². The van der Waals surface area contributed by atoms with E-state index in [4.69, 9.17) is 9.15 Å². The summed E-state index contributed by atoms with van der Waals surface area (Å²) in [6, 6.07) is 11.1. The zero-order chi connectivity index (χ0) is 18.0. The second kappa shape index (κ2) is 6.66. The van der Waals surface area contributed by atoms with Crippen LogP contribution in [0.1, 0.15) is 35.7 Å². The molecule has 1 aliphatic heterocycles. The number of aryl methyl sites for hydroxylation is 1. The van der Waals surface area contributed by atoms with Crippen molar-refractivity contribution in [1.82, 2.24) is 4.90 Å². The molecule has 3 rings (SSSR count). The van der Waals surface area contributed by atoms with E-state index >= 15 is 0 Å². The molecule has 0 unspecified atom stereocenters. The number of hydrogen-bond acceptors (Lipinski definition) is 4. The highest BCUT2D eigenvalue weighted by Gasteiger charge is 2.34. The number of aliphatic hydroxyl groups is 1. The number of benzene rings is 1. The fraction of sp³-hybridized carbons (Fsp3) is 0.350. The Morgan fingerprint density at radius 2 is 1.92 bits per heavy atom. The molecular weight excluding hydrogens is 318 g/mol. The number of amides is 1. The Hall–Kier alpha value is -2.71. The van der Waals surface area contributed by atoms with Crippen molar-refractivity contribution in [3.8, 4) is 17.6 Å². The van der Waals surface area contributed by atoms with Crippen molar-refractivity contribution in [1.29, 1.82) is 0 Å². The molecule has 0 atom stereocenters. The quantitative estimate of drug-likeness (QED) is 0.873. The van der Waals surface area contributed by atoms with Gasteiger partial charge in [-0.05, 0) is 51.0 Å². The van der Waals surface area contributed by atoms with Gasteiger partial charge in [-0.15, -0.1) is 0 Å². The highest BCUT2D eigenvalue weighted by atomic mass is 16.5. The summed E-state index contributed by atoms with van der Waals surface area (Å²) in [5.41, 5.74) is 0.0775. The van der Waals surface area contributed by atoms with Crippen molar-refractivity contribution in [2.24, 2.45) is 0 Å². The van der Waals surface area contributed by atoms with Crippen molar-refractivity contribution in [2.45, 2.75) is 32.5 Å². The van der Waals surface area contributed by atoms with Gasteiger partial charge in [0.25, 0.3) is 5.91 Å². The van der Waals surface area contributed by atoms with E-state index in [0.29, 0.717) is 18.8 Å². The lowest BCUT2D eigenvalue weighted by Gasteiger charge is -2.38. The largest absolute Gasteiger partial charge is 0.487 e. The normalized spacial score (nSPS) is 14.5. The van der Waals surface area contributed by atoms with Crippen molar-refractivity contribution >= 4 is 5.91 Å². The van der Waals surface area contributed by atoms with Gasteiger partial charge in [0.1, 0.15) is 17.5 Å². The third kappa shape index (κ3) is 4.43. The average Bonchev–Trinajstić information content (AvgIpc) is 2.98. The third-order valence-corrected chi connectivity index (χ3v) is 3.77. The number of nitrogens with zero attached hydrogens (tertiary/aromatic N) is 1. The van der Waals surface area contributed by atoms with Crippen molar-refractivity contribution < 1.29 is 19.1 Å². The first-order valence-electron chi connectivity index (χ1n) is 8.18. The van der Waals surface area contributed by atoms with E-state index in [9.17, 15) is 9.90 Å². The summed E-state index contributed by atoms with van der Waals surface area (Å²) in [6.07, 6.45) is -0.00364. The molecule has 1 aliphatic rings. The highest BCUT2D eigenvalue weighted by molar-refractivity contribution is 5.92. The summed E-state index contributed by atoms with van der Waals surface area (Å²) in [6.45, 7) is 6.25. The minimum atomic E-state index is -1.10. The highest BCUT2D eigenvalue weighted by Crippen LogP contribution is 2.21. The van der Waals surface area contributed by atoms with E-state index in [2.05, 4.69) is 11.8 Å². The second-order valence-corrected chi connectivity index (χ2v) is 6.74. The van der Waals surface area contributed by atoms with Crippen molar-refractivity contribution in [3.63, 3.8) is 0 Å². The van der Waals surface area contributed by atoms with Crippen LogP contribution in [0.25, 0.3) is 0 Å². The monoisotopic (exact) mass is 339 g/mol. The van der Waals surface area contributed by atoms with Gasteiger partial charge >= 0.3 is 0 Å². The minimum Gasteiger partial charge on any atom is -0.487 e. The zero-order valence-corrected chi connectivity index (χ0v) is 14.6. The topological polar surface area (TPSA) is 62.9 Å². The van der Waals surface area contributed by atoms with Crippen LogP contribution in [-0.4, -0.2) is 40.7 Å². The van der Waals surface area contributed by atoms with Crippen LogP contribution in [0.4, 0.5) is 0 Å². The molecule has 2 aromatic rings. The van der Waals surface area contributed by atoms with Gasteiger partial charge in [-0.25, -0.2) is 0 Å². The van der Waals surface area contributed by atoms with Gasteiger partial charge in [0.05, 0.1) is 13.1 Å². The Morgan fingerprint density at radius 3 is 2.56 bits per heavy atom. The maximum Gasteiger partial charge on any atom is 0.289 e. The molecule has 0 spiro atoms. The molecule has 0 aliphatic carbocycles. The molecule has 1 fully saturated rings. The number of hydrogen-bond donors (Lipinski definition) is 1. The predicted molar refractivity (Wildman–Crippen MR) is 93.4 cm³/mol. The molecule has 130 valence electrons. The zero-order valence-electron chi connectivity index (χ0n) is 14.6. The van der Waals surface area contributed by atoms with Crippen LogP contribution in [0, 0.1) is 18.8 Å². The summed E-state index contributed by atoms with van der Waals surface area (Å²) in [7, 11) is 0. The molecule has 25 heavy (non-hydrogen) atoms. The molecule has 1 aromatic heterocycles. The van der Waals surface area contributed by atoms with Crippen LogP contribution in [0.15, 0.2) is 40.8 Å². The Morgan fingerprint density at radius 1 is 1.24 bits per heavy atom. The standard InChI is InChI=1S/C20H21NO4/c1-14-4-6-15(7-5-14)24-17-12-21(13-17)19(22)18-9-8-16(25-18)10-11-20(2,3)23/h4-9,17,23H,12-13H2,1-3H3. The van der Waals surface area contributed by atoms with Crippen molar-refractivity contribution in [3.05, 3.63) is 53.5 Å². The minimum absolute atomic E-state index is 0.00364. The molecule has 0 radical (unpaired) electrons. The van der Waals surface area contributed by atoms with E-state index in [1.165, 1.54) is 5.56 Å². The number of rotatable bonds is 3. The molecule has 2 heterocycles. The molecule has 1 N–H and O–H groups in total. The van der Waals surface area contributed by atoms with Gasteiger partial charge in [0.2, 0.25) is 0 Å². The smallest absolute Gasteiger partial charge is 0.289 e. The first-order valence-corrected chi connectivity index (χ1v) is 8.18. The molecule has 1 saturated heterocycles. The van der Waals surface area contributed by atoms with Gasteiger partial charge in [0.15, 0.2) is 11.5 Å². The van der Waals surface area contributed by atoms with Crippen LogP contribution in [-0.2, 0) is 0 Å². The van der Waals surface area contributed by atoms with Crippen LogP contribution in [0.2, 0.25) is 0 Å². The summed E-state index contributed by atoms with van der Waals surface area (Å²) >= 11 is 0. The number of ether oxygens (including phenoxy) is 1. The van der Waals surface area contributed by atoms with Gasteiger partial charge < -0.3 is 19.2 Å². The first-order chi connectivity index (χ1) is 11.8. The van der Waals surface area contributed by atoms with Gasteiger partial charge in [-0.2, -0.15) is 0 Å². The van der Waals surface area contributed by atoms with Crippen molar-refractivity contribution in [2.75, 3.05) is 13.1 Å². The molecule has 1 amide bonds. The predicted octanol–water partition coefficient (Wildman–Crippen LogP) is 2.61. The van der Waals surface area contributed by atoms with Crippen LogP contribution in [0.3, 0.4) is 0 Å². The lowest BCUT2D eigenvalue weighted by Crippen LogP contribution is -2.56. The lowest BCUT2D eigenvalue weighted by atomic mass is 10.1. The van der Waals surface area contributed by atoms with E-state index in [1.54, 1.807) is 30.9 Å². The number of furan rings is 1. The Kier molecular flexibility index (Phi) is 4.56. The summed E-state index contributed by atoms with van der Waals surface area (Å²) < 4.78 is 11.3. The summed E-state index contributed by atoms with van der Waals surface area (Å²) in [4.78, 5) is 14.0. The van der Waals surface area contributed by atoms with Gasteiger partial charge in [-0.1, -0.05) is 23.6 Å². The molecule has 5 heteroatoms. The Balaban J connectivity index is 1.54.